The molecule has 0 saturated heterocycles. The minimum Gasteiger partial charge on any atom is -0.309 e. The number of alkyl halides is 3. The van der Waals surface area contributed by atoms with Gasteiger partial charge in [0.1, 0.15) is 0 Å². The van der Waals surface area contributed by atoms with Gasteiger partial charge in [-0.25, -0.2) is 0 Å². The summed E-state index contributed by atoms with van der Waals surface area (Å²) < 4.78 is 38.5. The normalized spacial score (nSPS) is 13.5. The maximum atomic E-state index is 12.5. The Labute approximate surface area is 121 Å². The SMILES string of the molecule is CNC(c1ccc(C(F)(F)F)cc1)c1sccc1Br. The van der Waals surface area contributed by atoms with E-state index in [1.807, 2.05) is 11.4 Å². The first-order chi connectivity index (χ1) is 8.93. The van der Waals surface area contributed by atoms with Crippen molar-refractivity contribution < 1.29 is 13.2 Å². The third kappa shape index (κ3) is 3.19. The second-order valence-electron chi connectivity index (χ2n) is 3.97. The molecule has 0 saturated carbocycles. The van der Waals surface area contributed by atoms with Crippen LogP contribution in [0.4, 0.5) is 13.2 Å². The lowest BCUT2D eigenvalue weighted by Crippen LogP contribution is -2.17. The first kappa shape index (κ1) is 14.6. The molecule has 2 aromatic rings. The van der Waals surface area contributed by atoms with Gasteiger partial charge in [0.2, 0.25) is 0 Å². The molecule has 1 N–H and O–H groups in total. The fourth-order valence-corrected chi connectivity index (χ4v) is 3.56. The molecule has 6 heteroatoms. The van der Waals surface area contributed by atoms with Crippen LogP contribution < -0.4 is 5.32 Å². The zero-order valence-corrected chi connectivity index (χ0v) is 12.4. The van der Waals surface area contributed by atoms with E-state index >= 15 is 0 Å². The third-order valence-corrected chi connectivity index (χ3v) is 4.70. The van der Waals surface area contributed by atoms with Crippen LogP contribution in [-0.2, 0) is 6.18 Å². The molecule has 1 atom stereocenters. The molecule has 0 aliphatic heterocycles. The van der Waals surface area contributed by atoms with Crippen molar-refractivity contribution in [2.45, 2.75) is 12.2 Å². The van der Waals surface area contributed by atoms with E-state index in [-0.39, 0.29) is 6.04 Å². The summed E-state index contributed by atoms with van der Waals surface area (Å²) in [4.78, 5) is 1.04. The average Bonchev–Trinajstić information content (AvgIpc) is 2.76. The van der Waals surface area contributed by atoms with E-state index in [4.69, 9.17) is 0 Å². The summed E-state index contributed by atoms with van der Waals surface area (Å²) >= 11 is 5.00. The Bertz CT molecular complexity index is 548. The van der Waals surface area contributed by atoms with E-state index < -0.39 is 11.7 Å². The minimum atomic E-state index is -4.29. The highest BCUT2D eigenvalue weighted by Crippen LogP contribution is 2.34. The van der Waals surface area contributed by atoms with Crippen molar-refractivity contribution in [3.8, 4) is 0 Å². The van der Waals surface area contributed by atoms with Gasteiger partial charge in [-0.2, -0.15) is 13.2 Å². The Morgan fingerprint density at radius 1 is 1.16 bits per heavy atom. The summed E-state index contributed by atoms with van der Waals surface area (Å²) in [6.07, 6.45) is -4.29. The lowest BCUT2D eigenvalue weighted by Gasteiger charge is -2.17. The summed E-state index contributed by atoms with van der Waals surface area (Å²) in [6.45, 7) is 0. The predicted molar refractivity (Wildman–Crippen MR) is 74.4 cm³/mol. The molecule has 1 heterocycles. The molecule has 0 spiro atoms. The maximum absolute atomic E-state index is 12.5. The van der Waals surface area contributed by atoms with Crippen LogP contribution in [0.5, 0.6) is 0 Å². The van der Waals surface area contributed by atoms with Gasteiger partial charge in [-0.05, 0) is 52.1 Å². The molecule has 0 aliphatic carbocycles. The molecular formula is C13H11BrF3NS. The van der Waals surface area contributed by atoms with Crippen LogP contribution in [-0.4, -0.2) is 7.05 Å². The van der Waals surface area contributed by atoms with Gasteiger partial charge in [-0.3, -0.25) is 0 Å². The van der Waals surface area contributed by atoms with Gasteiger partial charge in [0.15, 0.2) is 0 Å². The average molecular weight is 350 g/mol. The smallest absolute Gasteiger partial charge is 0.309 e. The van der Waals surface area contributed by atoms with E-state index in [2.05, 4.69) is 21.2 Å². The quantitative estimate of drug-likeness (QED) is 0.835. The molecule has 0 aliphatic rings. The summed E-state index contributed by atoms with van der Waals surface area (Å²) in [7, 11) is 1.79. The largest absolute Gasteiger partial charge is 0.416 e. The lowest BCUT2D eigenvalue weighted by molar-refractivity contribution is -0.137. The first-order valence-electron chi connectivity index (χ1n) is 5.51. The van der Waals surface area contributed by atoms with Crippen LogP contribution in [0, 0.1) is 0 Å². The molecule has 1 unspecified atom stereocenters. The third-order valence-electron chi connectivity index (χ3n) is 2.77. The van der Waals surface area contributed by atoms with Crippen molar-refractivity contribution in [3.05, 3.63) is 56.2 Å². The number of hydrogen-bond donors (Lipinski definition) is 1. The van der Waals surface area contributed by atoms with Crippen molar-refractivity contribution in [1.82, 2.24) is 5.32 Å². The van der Waals surface area contributed by atoms with Crippen LogP contribution in [0.15, 0.2) is 40.2 Å². The maximum Gasteiger partial charge on any atom is 0.416 e. The molecule has 0 amide bonds. The molecular weight excluding hydrogens is 339 g/mol. The molecule has 1 nitrogen and oxygen atoms in total. The van der Waals surface area contributed by atoms with Crippen molar-refractivity contribution in [2.24, 2.45) is 0 Å². The highest BCUT2D eigenvalue weighted by atomic mass is 79.9. The van der Waals surface area contributed by atoms with E-state index in [0.717, 1.165) is 27.0 Å². The summed E-state index contributed by atoms with van der Waals surface area (Å²) in [5, 5.41) is 5.06. The van der Waals surface area contributed by atoms with E-state index in [9.17, 15) is 13.2 Å². The lowest BCUT2D eigenvalue weighted by atomic mass is 10.0. The summed E-state index contributed by atoms with van der Waals surface area (Å²) in [5.41, 5.74) is 0.176. The number of benzene rings is 1. The van der Waals surface area contributed by atoms with Crippen LogP contribution >= 0.6 is 27.3 Å². The summed E-state index contributed by atoms with van der Waals surface area (Å²) in [6, 6.07) is 7.06. The molecule has 0 radical (unpaired) electrons. The Kier molecular flexibility index (Phi) is 4.32. The number of thiophene rings is 1. The number of rotatable bonds is 3. The van der Waals surface area contributed by atoms with Crippen LogP contribution in [0.25, 0.3) is 0 Å². The van der Waals surface area contributed by atoms with Gasteiger partial charge in [-0.1, -0.05) is 12.1 Å². The van der Waals surface area contributed by atoms with Gasteiger partial charge in [-0.15, -0.1) is 11.3 Å². The predicted octanol–water partition coefficient (Wildman–Crippen LogP) is 4.84. The van der Waals surface area contributed by atoms with E-state index in [1.54, 1.807) is 18.4 Å². The fourth-order valence-electron chi connectivity index (χ4n) is 1.83. The molecule has 0 fully saturated rings. The van der Waals surface area contributed by atoms with Gasteiger partial charge < -0.3 is 5.32 Å². The molecule has 102 valence electrons. The minimum absolute atomic E-state index is 0.114. The zero-order chi connectivity index (χ0) is 14.0. The standard InChI is InChI=1S/C13H11BrF3NS/c1-18-11(12-10(14)6-7-19-12)8-2-4-9(5-3-8)13(15,16)17/h2-7,11,18H,1H3. The number of halogens is 4. The van der Waals surface area contributed by atoms with Crippen molar-refractivity contribution in [3.63, 3.8) is 0 Å². The van der Waals surface area contributed by atoms with E-state index in [1.165, 1.54) is 12.1 Å². The highest BCUT2D eigenvalue weighted by molar-refractivity contribution is 9.10. The molecule has 2 rings (SSSR count). The van der Waals surface area contributed by atoms with Crippen molar-refractivity contribution in [2.75, 3.05) is 7.05 Å². The Morgan fingerprint density at radius 3 is 2.21 bits per heavy atom. The first-order valence-corrected chi connectivity index (χ1v) is 7.18. The second kappa shape index (κ2) is 5.64. The van der Waals surface area contributed by atoms with Gasteiger partial charge in [0.05, 0.1) is 11.6 Å². The zero-order valence-electron chi connectivity index (χ0n) is 9.96. The summed E-state index contributed by atoms with van der Waals surface area (Å²) in [5.74, 6) is 0. The van der Waals surface area contributed by atoms with E-state index in [0.29, 0.717) is 0 Å². The van der Waals surface area contributed by atoms with Crippen molar-refractivity contribution >= 4 is 27.3 Å². The number of hydrogen-bond acceptors (Lipinski definition) is 2. The second-order valence-corrected chi connectivity index (χ2v) is 5.78. The van der Waals surface area contributed by atoms with Gasteiger partial charge >= 0.3 is 6.18 Å². The fraction of sp³-hybridized carbons (Fsp3) is 0.231. The monoisotopic (exact) mass is 349 g/mol. The topological polar surface area (TPSA) is 12.0 Å². The Hall–Kier alpha value is -0.850. The highest BCUT2D eigenvalue weighted by Gasteiger charge is 2.30. The van der Waals surface area contributed by atoms with Crippen LogP contribution in [0.2, 0.25) is 0 Å². The van der Waals surface area contributed by atoms with Gasteiger partial charge in [0.25, 0.3) is 0 Å². The molecule has 0 bridgehead atoms. The van der Waals surface area contributed by atoms with Crippen molar-refractivity contribution in [1.29, 1.82) is 0 Å². The number of nitrogens with one attached hydrogen (secondary N) is 1. The molecule has 1 aromatic carbocycles. The van der Waals surface area contributed by atoms with Gasteiger partial charge in [0, 0.05) is 9.35 Å². The van der Waals surface area contributed by atoms with Crippen LogP contribution in [0.3, 0.4) is 0 Å². The Morgan fingerprint density at radius 2 is 1.79 bits per heavy atom. The molecule has 1 aromatic heterocycles. The molecule has 19 heavy (non-hydrogen) atoms. The Balaban J connectivity index is 2.33. The van der Waals surface area contributed by atoms with Crippen LogP contribution in [0.1, 0.15) is 22.0 Å².